The molecule has 2 amide bonds. The Morgan fingerprint density at radius 2 is 1.53 bits per heavy atom. The Labute approximate surface area is 110 Å². The molecule has 4 nitrogen and oxygen atoms in total. The Morgan fingerprint density at radius 3 is 2.32 bits per heavy atom. The van der Waals surface area contributed by atoms with Gasteiger partial charge >= 0.3 is 0 Å². The highest BCUT2D eigenvalue weighted by Gasteiger charge is 2.74. The number of nitrogens with one attached hydrogen (secondary N) is 1. The normalized spacial score (nSPS) is 35.7. The third-order valence-electron chi connectivity index (χ3n) is 5.10. The van der Waals surface area contributed by atoms with Gasteiger partial charge in [0.2, 0.25) is 11.8 Å². The molecule has 3 aliphatic rings. The third kappa shape index (κ3) is 0.906. The summed E-state index contributed by atoms with van der Waals surface area (Å²) in [7, 11) is 0. The molecule has 2 atom stereocenters. The van der Waals surface area contributed by atoms with Crippen LogP contribution in [0.1, 0.15) is 41.6 Å². The Hall–Kier alpha value is -1.97. The average molecular weight is 255 g/mol. The summed E-state index contributed by atoms with van der Waals surface area (Å²) in [4.78, 5) is 37.6. The molecule has 0 spiro atoms. The fourth-order valence-corrected chi connectivity index (χ4v) is 4.32. The second-order valence-corrected chi connectivity index (χ2v) is 5.68. The minimum atomic E-state index is -1.16. The zero-order valence-electron chi connectivity index (χ0n) is 10.4. The molecule has 4 rings (SSSR count). The van der Waals surface area contributed by atoms with Crippen molar-refractivity contribution < 1.29 is 14.4 Å². The first-order valence-electron chi connectivity index (χ1n) is 6.65. The van der Waals surface area contributed by atoms with Crippen LogP contribution in [0, 0.1) is 5.41 Å². The predicted molar refractivity (Wildman–Crippen MR) is 66.5 cm³/mol. The third-order valence-corrected chi connectivity index (χ3v) is 5.10. The van der Waals surface area contributed by atoms with Gasteiger partial charge in [-0.2, -0.15) is 0 Å². The quantitative estimate of drug-likeness (QED) is 0.562. The lowest BCUT2D eigenvalue weighted by atomic mass is 9.57. The maximum Gasteiger partial charge on any atom is 0.242 e. The molecular weight excluding hydrogens is 242 g/mol. The van der Waals surface area contributed by atoms with Gasteiger partial charge < -0.3 is 0 Å². The van der Waals surface area contributed by atoms with E-state index >= 15 is 0 Å². The van der Waals surface area contributed by atoms with Gasteiger partial charge in [0, 0.05) is 5.56 Å². The summed E-state index contributed by atoms with van der Waals surface area (Å²) in [6, 6.07) is 7.20. The van der Waals surface area contributed by atoms with Crippen molar-refractivity contribution in [3.05, 3.63) is 35.4 Å². The van der Waals surface area contributed by atoms with Crippen LogP contribution in [0.25, 0.3) is 0 Å². The van der Waals surface area contributed by atoms with E-state index in [1.165, 1.54) is 0 Å². The van der Waals surface area contributed by atoms with Crippen molar-refractivity contribution in [3.63, 3.8) is 0 Å². The molecule has 1 heterocycles. The van der Waals surface area contributed by atoms with Gasteiger partial charge in [-0.15, -0.1) is 0 Å². The van der Waals surface area contributed by atoms with Crippen LogP contribution in [0.4, 0.5) is 0 Å². The average Bonchev–Trinajstić information content (AvgIpc) is 2.82. The van der Waals surface area contributed by atoms with E-state index in [4.69, 9.17) is 0 Å². The van der Waals surface area contributed by atoms with Crippen molar-refractivity contribution in [2.24, 2.45) is 5.41 Å². The van der Waals surface area contributed by atoms with Crippen molar-refractivity contribution >= 4 is 17.6 Å². The summed E-state index contributed by atoms with van der Waals surface area (Å²) in [6.07, 6.45) is 2.78. The van der Waals surface area contributed by atoms with E-state index in [1.54, 1.807) is 12.1 Å². The lowest BCUT2D eigenvalue weighted by molar-refractivity contribution is -0.127. The molecule has 0 bridgehead atoms. The van der Waals surface area contributed by atoms with Crippen molar-refractivity contribution in [2.75, 3.05) is 0 Å². The van der Waals surface area contributed by atoms with Gasteiger partial charge in [-0.3, -0.25) is 19.7 Å². The molecule has 4 heteroatoms. The van der Waals surface area contributed by atoms with Crippen LogP contribution < -0.4 is 5.32 Å². The lowest BCUT2D eigenvalue weighted by Crippen LogP contribution is -2.50. The molecule has 19 heavy (non-hydrogen) atoms. The summed E-state index contributed by atoms with van der Waals surface area (Å²) in [5, 5.41) is 2.41. The first-order valence-corrected chi connectivity index (χ1v) is 6.65. The number of benzene rings is 1. The van der Waals surface area contributed by atoms with E-state index in [0.717, 1.165) is 18.4 Å². The Bertz CT molecular complexity index is 651. The van der Waals surface area contributed by atoms with Crippen LogP contribution in [0.2, 0.25) is 0 Å². The number of amides is 2. The Balaban J connectivity index is 2.12. The first-order chi connectivity index (χ1) is 9.14. The summed E-state index contributed by atoms with van der Waals surface area (Å²) < 4.78 is 0. The highest BCUT2D eigenvalue weighted by molar-refractivity contribution is 6.30. The molecule has 2 fully saturated rings. The van der Waals surface area contributed by atoms with E-state index in [1.807, 2.05) is 12.1 Å². The van der Waals surface area contributed by atoms with Crippen molar-refractivity contribution in [3.8, 4) is 0 Å². The largest absolute Gasteiger partial charge is 0.295 e. The van der Waals surface area contributed by atoms with Gasteiger partial charge in [0.1, 0.15) is 5.41 Å². The summed E-state index contributed by atoms with van der Waals surface area (Å²) in [6.45, 7) is 0. The molecular formula is C15H13NO3. The number of imide groups is 1. The van der Waals surface area contributed by atoms with Gasteiger partial charge in [-0.25, -0.2) is 0 Å². The number of fused-ring (bicyclic) bond motifs is 1. The van der Waals surface area contributed by atoms with E-state index in [2.05, 4.69) is 5.32 Å². The van der Waals surface area contributed by atoms with Crippen LogP contribution in [0.5, 0.6) is 0 Å². The van der Waals surface area contributed by atoms with Gasteiger partial charge in [-0.05, 0) is 18.4 Å². The minimum Gasteiger partial charge on any atom is -0.295 e. The number of Topliss-reactive ketones (excluding diaryl/α,β-unsaturated/α-hetero) is 1. The molecule has 1 aliphatic heterocycles. The van der Waals surface area contributed by atoms with Crippen molar-refractivity contribution in [1.82, 2.24) is 5.32 Å². The van der Waals surface area contributed by atoms with Crippen LogP contribution in [-0.2, 0) is 15.0 Å². The molecule has 2 aliphatic carbocycles. The number of hydrogen-bond acceptors (Lipinski definition) is 3. The summed E-state index contributed by atoms with van der Waals surface area (Å²) in [5.74, 6) is -0.833. The lowest BCUT2D eigenvalue weighted by Gasteiger charge is -2.39. The number of rotatable bonds is 0. The number of carbonyl (C=O) groups is 3. The second-order valence-electron chi connectivity index (χ2n) is 5.68. The molecule has 1 aromatic carbocycles. The molecule has 2 unspecified atom stereocenters. The summed E-state index contributed by atoms with van der Waals surface area (Å²) >= 11 is 0. The second kappa shape index (κ2) is 3.13. The molecule has 0 aromatic heterocycles. The van der Waals surface area contributed by atoms with Gasteiger partial charge in [0.25, 0.3) is 0 Å². The topological polar surface area (TPSA) is 63.2 Å². The van der Waals surface area contributed by atoms with E-state index in [-0.39, 0.29) is 11.7 Å². The molecule has 1 saturated heterocycles. The zero-order chi connectivity index (χ0) is 13.3. The maximum absolute atomic E-state index is 12.8. The predicted octanol–water partition coefficient (Wildman–Crippen LogP) is 1.34. The van der Waals surface area contributed by atoms with E-state index < -0.39 is 16.7 Å². The zero-order valence-corrected chi connectivity index (χ0v) is 10.4. The fourth-order valence-electron chi connectivity index (χ4n) is 4.32. The minimum absolute atomic E-state index is 0.161. The maximum atomic E-state index is 12.8. The fraction of sp³-hybridized carbons (Fsp3) is 0.400. The van der Waals surface area contributed by atoms with Crippen LogP contribution in [-0.4, -0.2) is 17.6 Å². The molecule has 0 radical (unpaired) electrons. The smallest absolute Gasteiger partial charge is 0.242 e. The molecule has 1 saturated carbocycles. The standard InChI is InChI=1S/C15H13NO3/c17-11-9-5-1-2-6-10(9)14-7-3-4-8-15(11,14)13(19)16-12(14)18/h1-2,5-6H,3-4,7-8H2,(H,16,18,19). The highest BCUT2D eigenvalue weighted by Crippen LogP contribution is 2.62. The van der Waals surface area contributed by atoms with Crippen molar-refractivity contribution in [1.29, 1.82) is 0 Å². The molecule has 96 valence electrons. The van der Waals surface area contributed by atoms with Gasteiger partial charge in [-0.1, -0.05) is 37.1 Å². The monoisotopic (exact) mass is 255 g/mol. The van der Waals surface area contributed by atoms with Crippen molar-refractivity contribution in [2.45, 2.75) is 31.1 Å². The van der Waals surface area contributed by atoms with Crippen LogP contribution in [0.3, 0.4) is 0 Å². The van der Waals surface area contributed by atoms with Gasteiger partial charge in [0.05, 0.1) is 5.41 Å². The SMILES string of the molecule is O=C1NC(=O)C23CCCCC12C(=O)c1ccccc13. The number of carbonyl (C=O) groups excluding carboxylic acids is 3. The first kappa shape index (κ1) is 10.9. The molecule has 1 N–H and O–H groups in total. The number of ketones is 1. The van der Waals surface area contributed by atoms with E-state index in [9.17, 15) is 14.4 Å². The summed E-state index contributed by atoms with van der Waals surface area (Å²) in [5.41, 5.74) is -0.780. The van der Waals surface area contributed by atoms with Gasteiger partial charge in [0.15, 0.2) is 5.78 Å². The van der Waals surface area contributed by atoms with Crippen LogP contribution in [0.15, 0.2) is 24.3 Å². The van der Waals surface area contributed by atoms with Crippen LogP contribution >= 0.6 is 0 Å². The number of hydrogen-bond donors (Lipinski definition) is 1. The molecule has 1 aromatic rings. The van der Waals surface area contributed by atoms with E-state index in [0.29, 0.717) is 18.4 Å². The highest BCUT2D eigenvalue weighted by atomic mass is 16.2. The Morgan fingerprint density at radius 1 is 0.895 bits per heavy atom. The Kier molecular flexibility index (Phi) is 1.80.